The maximum absolute atomic E-state index is 11.6. The number of nitrogens with one attached hydrogen (secondary N) is 2. The van der Waals surface area contributed by atoms with E-state index in [-0.39, 0.29) is 11.8 Å². The van der Waals surface area contributed by atoms with Gasteiger partial charge in [0, 0.05) is 17.8 Å². The summed E-state index contributed by atoms with van der Waals surface area (Å²) in [7, 11) is 0. The molecule has 0 aromatic heterocycles. The van der Waals surface area contributed by atoms with Crippen LogP contribution >= 0.6 is 0 Å². The third-order valence-corrected chi connectivity index (χ3v) is 2.14. The fraction of sp³-hybridized carbons (Fsp3) is 0.143. The number of carbonyl (C=O) groups excluding carboxylic acids is 2. The van der Waals surface area contributed by atoms with Gasteiger partial charge in [0.2, 0.25) is 5.91 Å². The molecule has 1 aromatic carbocycles. The molecule has 0 atom stereocenters. The van der Waals surface area contributed by atoms with Gasteiger partial charge in [0.15, 0.2) is 0 Å². The first-order valence-corrected chi connectivity index (χ1v) is 5.60. The van der Waals surface area contributed by atoms with Gasteiger partial charge >= 0.3 is 0 Å². The molecule has 1 aromatic rings. The Bertz CT molecular complexity index is 461. The molecular weight excluding hydrogens is 228 g/mol. The van der Waals surface area contributed by atoms with Gasteiger partial charge in [-0.15, -0.1) is 6.58 Å². The molecule has 0 saturated heterocycles. The Morgan fingerprint density at radius 2 is 1.94 bits per heavy atom. The number of amides is 2. The second-order valence-corrected chi connectivity index (χ2v) is 3.57. The summed E-state index contributed by atoms with van der Waals surface area (Å²) in [4.78, 5) is 22.9. The van der Waals surface area contributed by atoms with E-state index in [1.54, 1.807) is 43.3 Å². The van der Waals surface area contributed by atoms with Crippen LogP contribution in [0.4, 0.5) is 5.69 Å². The largest absolute Gasteiger partial charge is 0.349 e. The average molecular weight is 244 g/mol. The van der Waals surface area contributed by atoms with Crippen LogP contribution in [0.2, 0.25) is 0 Å². The Morgan fingerprint density at radius 3 is 2.50 bits per heavy atom. The molecule has 2 N–H and O–H groups in total. The molecule has 0 bridgehead atoms. The first-order chi connectivity index (χ1) is 8.67. The fourth-order valence-corrected chi connectivity index (χ4v) is 1.31. The molecular formula is C14H16N2O2. The number of allylic oxidation sites excluding steroid dienone is 1. The number of benzene rings is 1. The third-order valence-electron chi connectivity index (χ3n) is 2.14. The van der Waals surface area contributed by atoms with E-state index in [4.69, 9.17) is 0 Å². The van der Waals surface area contributed by atoms with Gasteiger partial charge in [-0.25, -0.2) is 0 Å². The highest BCUT2D eigenvalue weighted by Gasteiger charge is 2.04. The molecule has 0 saturated carbocycles. The molecule has 4 heteroatoms. The van der Waals surface area contributed by atoms with E-state index in [1.165, 1.54) is 6.08 Å². The predicted octanol–water partition coefficient (Wildman–Crippen LogP) is 2.12. The summed E-state index contributed by atoms with van der Waals surface area (Å²) in [6.45, 7) is 5.72. The Hall–Kier alpha value is -2.36. The molecule has 0 fully saturated rings. The average Bonchev–Trinajstić information content (AvgIpc) is 2.37. The number of hydrogen-bond acceptors (Lipinski definition) is 2. The van der Waals surface area contributed by atoms with Crippen molar-refractivity contribution in [3.05, 3.63) is 54.6 Å². The molecule has 0 aliphatic heterocycles. The first kappa shape index (κ1) is 13.7. The maximum Gasteiger partial charge on any atom is 0.251 e. The van der Waals surface area contributed by atoms with Crippen LogP contribution in [-0.4, -0.2) is 18.4 Å². The summed E-state index contributed by atoms with van der Waals surface area (Å²) in [5, 5.41) is 5.35. The molecule has 0 heterocycles. The molecule has 0 unspecified atom stereocenters. The number of rotatable bonds is 5. The molecule has 0 radical (unpaired) electrons. The van der Waals surface area contributed by atoms with E-state index in [9.17, 15) is 9.59 Å². The Balaban J connectivity index is 2.65. The van der Waals surface area contributed by atoms with Gasteiger partial charge in [-0.3, -0.25) is 9.59 Å². The molecule has 18 heavy (non-hydrogen) atoms. The van der Waals surface area contributed by atoms with Crippen molar-refractivity contribution >= 4 is 17.5 Å². The highest BCUT2D eigenvalue weighted by molar-refractivity contribution is 6.00. The van der Waals surface area contributed by atoms with Crippen molar-refractivity contribution in [2.75, 3.05) is 11.9 Å². The van der Waals surface area contributed by atoms with Gasteiger partial charge in [-0.05, 0) is 37.3 Å². The van der Waals surface area contributed by atoms with Crippen molar-refractivity contribution in [1.82, 2.24) is 5.32 Å². The summed E-state index contributed by atoms with van der Waals surface area (Å²) >= 11 is 0. The lowest BCUT2D eigenvalue weighted by Crippen LogP contribution is -2.23. The molecule has 0 spiro atoms. The normalized spacial score (nSPS) is 10.1. The van der Waals surface area contributed by atoms with Gasteiger partial charge in [0.25, 0.3) is 5.91 Å². The third kappa shape index (κ3) is 4.25. The topological polar surface area (TPSA) is 58.2 Å². The fourth-order valence-electron chi connectivity index (χ4n) is 1.31. The van der Waals surface area contributed by atoms with E-state index in [0.717, 1.165) is 0 Å². The minimum absolute atomic E-state index is 0.166. The maximum atomic E-state index is 11.6. The zero-order valence-electron chi connectivity index (χ0n) is 10.3. The van der Waals surface area contributed by atoms with Crippen LogP contribution in [-0.2, 0) is 4.79 Å². The quantitative estimate of drug-likeness (QED) is 0.615. The van der Waals surface area contributed by atoms with E-state index < -0.39 is 0 Å². The van der Waals surface area contributed by atoms with E-state index in [2.05, 4.69) is 17.2 Å². The summed E-state index contributed by atoms with van der Waals surface area (Å²) in [5.74, 6) is -0.359. The zero-order valence-corrected chi connectivity index (χ0v) is 10.3. The minimum atomic E-state index is -0.193. The monoisotopic (exact) mass is 244 g/mol. The number of hydrogen-bond donors (Lipinski definition) is 2. The smallest absolute Gasteiger partial charge is 0.251 e. The van der Waals surface area contributed by atoms with Crippen molar-refractivity contribution in [2.24, 2.45) is 0 Å². The summed E-state index contributed by atoms with van der Waals surface area (Å²) in [6, 6.07) is 6.68. The van der Waals surface area contributed by atoms with Crippen LogP contribution in [0, 0.1) is 0 Å². The molecule has 4 nitrogen and oxygen atoms in total. The molecule has 0 aliphatic rings. The Morgan fingerprint density at radius 1 is 1.28 bits per heavy atom. The van der Waals surface area contributed by atoms with Gasteiger partial charge in [-0.2, -0.15) is 0 Å². The first-order valence-electron chi connectivity index (χ1n) is 5.60. The van der Waals surface area contributed by atoms with Crippen molar-refractivity contribution in [3.8, 4) is 0 Å². The Kier molecular flexibility index (Phi) is 5.38. The lowest BCUT2D eigenvalue weighted by Gasteiger charge is -2.05. The van der Waals surface area contributed by atoms with Crippen LogP contribution in [0.5, 0.6) is 0 Å². The zero-order chi connectivity index (χ0) is 13.4. The van der Waals surface area contributed by atoms with E-state index in [0.29, 0.717) is 17.8 Å². The second kappa shape index (κ2) is 7.06. The number of carbonyl (C=O) groups is 2. The van der Waals surface area contributed by atoms with E-state index in [1.807, 2.05) is 0 Å². The molecule has 1 rings (SSSR count). The van der Waals surface area contributed by atoms with Gasteiger partial charge < -0.3 is 10.6 Å². The minimum Gasteiger partial charge on any atom is -0.349 e. The van der Waals surface area contributed by atoms with Gasteiger partial charge in [0.1, 0.15) is 0 Å². The Labute approximate surface area is 106 Å². The highest BCUT2D eigenvalue weighted by atomic mass is 16.2. The summed E-state index contributed by atoms with van der Waals surface area (Å²) < 4.78 is 0. The van der Waals surface area contributed by atoms with Gasteiger partial charge in [0.05, 0.1) is 0 Å². The van der Waals surface area contributed by atoms with Crippen LogP contribution in [0.3, 0.4) is 0 Å². The van der Waals surface area contributed by atoms with Crippen molar-refractivity contribution in [1.29, 1.82) is 0 Å². The van der Waals surface area contributed by atoms with Crippen molar-refractivity contribution < 1.29 is 9.59 Å². The van der Waals surface area contributed by atoms with Crippen LogP contribution < -0.4 is 10.6 Å². The SMILES string of the molecule is C=CCNC(=O)c1ccc(NC(=O)C=CC)cc1. The predicted molar refractivity (Wildman–Crippen MR) is 72.4 cm³/mol. The van der Waals surface area contributed by atoms with Crippen molar-refractivity contribution in [2.45, 2.75) is 6.92 Å². The lowest BCUT2D eigenvalue weighted by atomic mass is 10.2. The highest BCUT2D eigenvalue weighted by Crippen LogP contribution is 2.09. The lowest BCUT2D eigenvalue weighted by molar-refractivity contribution is -0.111. The van der Waals surface area contributed by atoms with E-state index >= 15 is 0 Å². The summed E-state index contributed by atoms with van der Waals surface area (Å²) in [6.07, 6.45) is 4.71. The molecule has 0 aliphatic carbocycles. The molecule has 94 valence electrons. The summed E-state index contributed by atoms with van der Waals surface area (Å²) in [5.41, 5.74) is 1.19. The van der Waals surface area contributed by atoms with Crippen LogP contribution in [0.25, 0.3) is 0 Å². The molecule has 2 amide bonds. The van der Waals surface area contributed by atoms with Gasteiger partial charge in [-0.1, -0.05) is 12.2 Å². The van der Waals surface area contributed by atoms with Crippen LogP contribution in [0.1, 0.15) is 17.3 Å². The number of anilines is 1. The second-order valence-electron chi connectivity index (χ2n) is 3.57. The van der Waals surface area contributed by atoms with Crippen molar-refractivity contribution in [3.63, 3.8) is 0 Å². The van der Waals surface area contributed by atoms with Crippen LogP contribution in [0.15, 0.2) is 49.1 Å². The standard InChI is InChI=1S/C14H16N2O2/c1-3-5-13(17)16-12-8-6-11(7-9-12)14(18)15-10-4-2/h3-9H,2,10H2,1H3,(H,15,18)(H,16,17).